The summed E-state index contributed by atoms with van der Waals surface area (Å²) in [6.07, 6.45) is -3.45. The van der Waals surface area contributed by atoms with Crippen LogP contribution in [0.15, 0.2) is 66.9 Å². The molecule has 1 saturated heterocycles. The number of carbonyl (C=O) groups is 1. The number of aryl methyl sites for hydroxylation is 1. The van der Waals surface area contributed by atoms with E-state index in [1.807, 2.05) is 0 Å². The van der Waals surface area contributed by atoms with Gasteiger partial charge in [0.25, 0.3) is 5.69 Å². The number of fused-ring (bicyclic) bond motifs is 1. The molecule has 0 aliphatic carbocycles. The van der Waals surface area contributed by atoms with Gasteiger partial charge in [0.2, 0.25) is 11.4 Å². The summed E-state index contributed by atoms with van der Waals surface area (Å²) >= 11 is 0. The molecule has 1 aliphatic heterocycles. The van der Waals surface area contributed by atoms with Gasteiger partial charge in [-0.3, -0.25) is 19.8 Å². The van der Waals surface area contributed by atoms with Gasteiger partial charge in [0.1, 0.15) is 6.10 Å². The van der Waals surface area contributed by atoms with Crippen LogP contribution in [-0.2, 0) is 16.8 Å². The molecule has 11 nitrogen and oxygen atoms in total. The van der Waals surface area contributed by atoms with Crippen LogP contribution in [0.1, 0.15) is 30.4 Å². The number of aliphatic carboxylic acids is 1. The fraction of sp³-hybridized carbons (Fsp3) is 0.364. The number of likely N-dealkylation sites (tertiary alicyclic amines) is 1. The first kappa shape index (κ1) is 33.5. The number of hydrogen-bond acceptors (Lipinski definition) is 8. The molecule has 0 saturated carbocycles. The van der Waals surface area contributed by atoms with Crippen molar-refractivity contribution in [3.05, 3.63) is 88.1 Å². The van der Waals surface area contributed by atoms with Crippen molar-refractivity contribution in [2.75, 3.05) is 33.9 Å². The molecule has 1 aliphatic rings. The van der Waals surface area contributed by atoms with Gasteiger partial charge < -0.3 is 29.0 Å². The number of benzene rings is 3. The zero-order valence-corrected chi connectivity index (χ0v) is 25.7. The Morgan fingerprint density at radius 3 is 2.21 bits per heavy atom. The van der Waals surface area contributed by atoms with Crippen LogP contribution >= 0.6 is 0 Å². The normalized spacial score (nSPS) is 15.7. The number of alkyl halides is 3. The zero-order chi connectivity index (χ0) is 33.9. The Bertz CT molecular complexity index is 1730. The predicted octanol–water partition coefficient (Wildman–Crippen LogP) is 5.87. The monoisotopic (exact) mass is 657 g/mol. The summed E-state index contributed by atoms with van der Waals surface area (Å²) in [5.74, 6) is 0.0443. The molecule has 0 spiro atoms. The summed E-state index contributed by atoms with van der Waals surface area (Å²) in [5.41, 5.74) is -2.68. The largest absolute Gasteiger partial charge is 0.493 e. The first-order valence-electron chi connectivity index (χ1n) is 14.8. The molecule has 47 heavy (non-hydrogen) atoms. The third kappa shape index (κ3) is 6.98. The van der Waals surface area contributed by atoms with Gasteiger partial charge in [0.05, 0.1) is 24.7 Å². The molecular weight excluding hydrogens is 623 g/mol. The van der Waals surface area contributed by atoms with Crippen molar-refractivity contribution < 1.29 is 47.3 Å². The van der Waals surface area contributed by atoms with E-state index in [-0.39, 0.29) is 42.5 Å². The van der Waals surface area contributed by atoms with Crippen LogP contribution in [0.25, 0.3) is 16.6 Å². The molecular formula is C33H34F3N3O8. The third-order valence-corrected chi connectivity index (χ3v) is 8.37. The molecule has 2 heterocycles. The molecule has 0 radical (unpaired) electrons. The second kappa shape index (κ2) is 13.5. The Morgan fingerprint density at radius 2 is 1.66 bits per heavy atom. The molecule has 14 heteroatoms. The zero-order valence-electron chi connectivity index (χ0n) is 25.7. The molecule has 0 amide bonds. The van der Waals surface area contributed by atoms with Crippen LogP contribution in [0, 0.1) is 10.1 Å². The lowest BCUT2D eigenvalue weighted by Crippen LogP contribution is -2.53. The van der Waals surface area contributed by atoms with Crippen LogP contribution in [-0.4, -0.2) is 76.7 Å². The van der Waals surface area contributed by atoms with Crippen LogP contribution in [0.3, 0.4) is 0 Å². The molecule has 2 N–H and O–H groups in total. The minimum Gasteiger partial charge on any atom is -0.493 e. The molecule has 1 fully saturated rings. The second-order valence-electron chi connectivity index (χ2n) is 11.4. The Balaban J connectivity index is 1.39. The lowest BCUT2D eigenvalue weighted by Gasteiger charge is -2.39. The fourth-order valence-corrected chi connectivity index (χ4v) is 5.91. The number of nitrogens with zero attached hydrogens (tertiary/aromatic N) is 3. The minimum absolute atomic E-state index is 0.0449. The number of piperidine rings is 1. The molecule has 1 aromatic heterocycles. The lowest BCUT2D eigenvalue weighted by molar-refractivity contribution is -0.384. The molecule has 250 valence electrons. The SMILES string of the molecule is COc1cc(CCC(=O)O)cc(OC)c1OC1CCN(CC(O)(c2cn(-c3ccccc3)c3cc([N+](=O)[O-])ccc23)C(F)(F)F)CC1. The van der Waals surface area contributed by atoms with Crippen LogP contribution in [0.2, 0.25) is 0 Å². The maximum Gasteiger partial charge on any atom is 0.422 e. The summed E-state index contributed by atoms with van der Waals surface area (Å²) in [5, 5.41) is 32.1. The van der Waals surface area contributed by atoms with E-state index in [0.717, 1.165) is 6.07 Å². The van der Waals surface area contributed by atoms with E-state index in [1.54, 1.807) is 42.5 Å². The third-order valence-electron chi connectivity index (χ3n) is 8.37. The fourth-order valence-electron chi connectivity index (χ4n) is 5.91. The maximum absolute atomic E-state index is 14.9. The van der Waals surface area contributed by atoms with Crippen molar-refractivity contribution in [2.24, 2.45) is 0 Å². The number of nitro benzene ring substituents is 1. The Morgan fingerprint density at radius 1 is 1.02 bits per heavy atom. The molecule has 3 aromatic carbocycles. The van der Waals surface area contributed by atoms with Gasteiger partial charge in [-0.1, -0.05) is 18.2 Å². The number of carboxylic acids is 1. The average Bonchev–Trinajstić information content (AvgIpc) is 3.44. The molecule has 5 rings (SSSR count). The number of nitro groups is 1. The number of β-amino-alcohol motifs (C(OH)–C–C–N with tert-alkyl or cyclic N) is 1. The van der Waals surface area contributed by atoms with Crippen molar-refractivity contribution in [3.8, 4) is 22.9 Å². The number of halogens is 3. The van der Waals surface area contributed by atoms with Gasteiger partial charge in [-0.15, -0.1) is 0 Å². The van der Waals surface area contributed by atoms with E-state index in [4.69, 9.17) is 19.3 Å². The van der Waals surface area contributed by atoms with E-state index in [1.165, 1.54) is 42.0 Å². The number of ether oxygens (including phenoxy) is 3. The number of rotatable bonds is 12. The number of aliphatic hydroxyl groups is 1. The van der Waals surface area contributed by atoms with Gasteiger partial charge in [-0.05, 0) is 55.2 Å². The summed E-state index contributed by atoms with van der Waals surface area (Å²) < 4.78 is 63.2. The Labute approximate surface area is 267 Å². The standard InChI is InChI=1S/C33H34F3N3O8/c1-45-28-16-21(8-11-30(40)41)17-29(46-2)31(28)47-24-12-14-37(15-13-24)20-32(42,33(34,35)36)26-19-38(22-6-4-3-5-7-22)27-18-23(39(43)44)9-10-25(26)27/h3-7,9-10,16-19,24,42H,8,11-15,20H2,1-2H3,(H,40,41). The Hall–Kier alpha value is -4.82. The topological polar surface area (TPSA) is 137 Å². The number of hydrogen-bond donors (Lipinski definition) is 2. The first-order chi connectivity index (χ1) is 22.3. The molecule has 4 aromatic rings. The lowest BCUT2D eigenvalue weighted by atomic mass is 9.91. The summed E-state index contributed by atoms with van der Waals surface area (Å²) in [6, 6.07) is 15.3. The van der Waals surface area contributed by atoms with Gasteiger partial charge in [-0.2, -0.15) is 13.2 Å². The van der Waals surface area contributed by atoms with Gasteiger partial charge in [0.15, 0.2) is 11.5 Å². The van der Waals surface area contributed by atoms with Crippen molar-refractivity contribution >= 4 is 22.6 Å². The Kier molecular flexibility index (Phi) is 9.63. The average molecular weight is 658 g/mol. The smallest absolute Gasteiger partial charge is 0.422 e. The van der Waals surface area contributed by atoms with Crippen LogP contribution < -0.4 is 14.2 Å². The summed E-state index contributed by atoms with van der Waals surface area (Å²) in [7, 11) is 2.88. The highest BCUT2D eigenvalue weighted by molar-refractivity contribution is 5.88. The second-order valence-corrected chi connectivity index (χ2v) is 11.4. The van der Waals surface area contributed by atoms with Gasteiger partial charge in [0, 0.05) is 61.0 Å². The van der Waals surface area contributed by atoms with E-state index >= 15 is 0 Å². The van der Waals surface area contributed by atoms with E-state index in [0.29, 0.717) is 41.3 Å². The highest BCUT2D eigenvalue weighted by Crippen LogP contribution is 2.45. The number of carboxylic acid groups (broad SMARTS) is 1. The molecule has 0 bridgehead atoms. The summed E-state index contributed by atoms with van der Waals surface area (Å²) in [4.78, 5) is 23.4. The minimum atomic E-state index is -5.08. The van der Waals surface area contributed by atoms with Crippen LogP contribution in [0.5, 0.6) is 17.2 Å². The highest BCUT2D eigenvalue weighted by atomic mass is 19.4. The first-order valence-corrected chi connectivity index (χ1v) is 14.8. The van der Waals surface area contributed by atoms with Crippen molar-refractivity contribution in [2.45, 2.75) is 43.6 Å². The number of non-ortho nitro benzene ring substituents is 1. The van der Waals surface area contributed by atoms with Crippen molar-refractivity contribution in [1.82, 2.24) is 9.47 Å². The highest BCUT2D eigenvalue weighted by Gasteiger charge is 2.57. The van der Waals surface area contributed by atoms with E-state index in [2.05, 4.69) is 0 Å². The maximum atomic E-state index is 14.9. The summed E-state index contributed by atoms with van der Waals surface area (Å²) in [6.45, 7) is -0.417. The number of aromatic nitrogens is 1. The molecule has 1 unspecified atom stereocenters. The van der Waals surface area contributed by atoms with Gasteiger partial charge >= 0.3 is 12.1 Å². The number of methoxy groups -OCH3 is 2. The molecule has 1 atom stereocenters. The number of para-hydroxylation sites is 1. The van der Waals surface area contributed by atoms with Crippen molar-refractivity contribution in [3.63, 3.8) is 0 Å². The van der Waals surface area contributed by atoms with E-state index in [9.17, 15) is 33.2 Å². The predicted molar refractivity (Wildman–Crippen MR) is 165 cm³/mol. The van der Waals surface area contributed by atoms with E-state index < -0.39 is 40.9 Å². The quantitative estimate of drug-likeness (QED) is 0.142. The van der Waals surface area contributed by atoms with Crippen LogP contribution in [0.4, 0.5) is 18.9 Å². The van der Waals surface area contributed by atoms with Gasteiger partial charge in [-0.25, -0.2) is 0 Å². The van der Waals surface area contributed by atoms with Crippen molar-refractivity contribution in [1.29, 1.82) is 0 Å².